The van der Waals surface area contributed by atoms with Gasteiger partial charge in [-0.1, -0.05) is 25.5 Å². The quantitative estimate of drug-likeness (QED) is 0.528. The Morgan fingerprint density at radius 1 is 1.41 bits per heavy atom. The molecule has 1 unspecified atom stereocenters. The summed E-state index contributed by atoms with van der Waals surface area (Å²) in [6, 6.07) is 4.58. The molecule has 144 valence electrons. The molecule has 2 rings (SSSR count). The Labute approximate surface area is 160 Å². The predicted molar refractivity (Wildman–Crippen MR) is 100 cm³/mol. The first-order valence-electron chi connectivity index (χ1n) is 8.42. The van der Waals surface area contributed by atoms with Crippen LogP contribution in [-0.4, -0.2) is 23.5 Å². The van der Waals surface area contributed by atoms with E-state index in [1.807, 2.05) is 12.3 Å². The number of nitrogens with zero attached hydrogens (tertiary/aromatic N) is 3. The molecule has 0 radical (unpaired) electrons. The zero-order valence-corrected chi connectivity index (χ0v) is 16.1. The molecule has 1 aromatic carbocycles. The van der Waals surface area contributed by atoms with Gasteiger partial charge in [-0.05, 0) is 25.8 Å². The second-order valence-corrected chi connectivity index (χ2v) is 6.90. The lowest BCUT2D eigenvalue weighted by Crippen LogP contribution is -2.24. The summed E-state index contributed by atoms with van der Waals surface area (Å²) >= 11 is 1.41. The largest absolute Gasteiger partial charge is 0.418 e. The number of ether oxygens (including phenoxy) is 1. The van der Waals surface area contributed by atoms with E-state index in [1.54, 1.807) is 32.2 Å². The van der Waals surface area contributed by atoms with Crippen molar-refractivity contribution in [1.29, 1.82) is 5.26 Å². The van der Waals surface area contributed by atoms with Crippen molar-refractivity contribution < 1.29 is 17.9 Å². The number of benzene rings is 1. The van der Waals surface area contributed by atoms with Gasteiger partial charge in [0.15, 0.2) is 6.10 Å². The third kappa shape index (κ3) is 5.15. The zero-order valence-electron chi connectivity index (χ0n) is 15.3. The lowest BCUT2D eigenvalue weighted by molar-refractivity contribution is -0.220. The molecule has 1 atom stereocenters. The molecule has 0 aliphatic carbocycles. The Balaban J connectivity index is 2.67. The average Bonchev–Trinajstić information content (AvgIpc) is 3.11. The highest BCUT2D eigenvalue weighted by atomic mass is 32.1. The smallest absolute Gasteiger partial charge is 0.349 e. The molecule has 8 heteroatoms. The lowest BCUT2D eigenvalue weighted by atomic mass is 9.98. The Morgan fingerprint density at radius 3 is 2.70 bits per heavy atom. The van der Waals surface area contributed by atoms with E-state index in [9.17, 15) is 13.2 Å². The van der Waals surface area contributed by atoms with Gasteiger partial charge in [-0.2, -0.15) is 18.4 Å². The standard InChI is InChI=1S/C19H20F3N3OS/c1-4-5-12(2)25-16-13(3)14(18-24-9-11-27-18)6-7-15(16)17(19(20,21)22)26-10-8-23/h6-7,9,11,17H,4-5,10H2,1-3H3/b25-12-. The number of nitriles is 1. The SMILES string of the molecule is CCC/C(C)=N\c1c(C(OCC#N)C(F)(F)F)ccc(-c2nccs2)c1C. The number of alkyl halides is 3. The van der Waals surface area contributed by atoms with Crippen LogP contribution in [0.15, 0.2) is 28.7 Å². The van der Waals surface area contributed by atoms with Crippen LogP contribution < -0.4 is 0 Å². The lowest BCUT2D eigenvalue weighted by Gasteiger charge is -2.23. The number of rotatable bonds is 7. The van der Waals surface area contributed by atoms with Crippen molar-refractivity contribution in [2.24, 2.45) is 4.99 Å². The molecular formula is C19H20F3N3OS. The highest BCUT2D eigenvalue weighted by Gasteiger charge is 2.43. The van der Waals surface area contributed by atoms with Crippen molar-refractivity contribution in [1.82, 2.24) is 4.98 Å². The molecule has 2 aromatic rings. The second-order valence-electron chi connectivity index (χ2n) is 6.00. The first-order chi connectivity index (χ1) is 12.8. The van der Waals surface area contributed by atoms with Crippen molar-refractivity contribution in [2.75, 3.05) is 6.61 Å². The number of hydrogen-bond donors (Lipinski definition) is 0. The average molecular weight is 395 g/mol. The van der Waals surface area contributed by atoms with Crippen molar-refractivity contribution in [3.05, 3.63) is 34.8 Å². The molecule has 0 spiro atoms. The highest BCUT2D eigenvalue weighted by Crippen LogP contribution is 2.44. The van der Waals surface area contributed by atoms with E-state index in [0.717, 1.165) is 17.7 Å². The van der Waals surface area contributed by atoms with Gasteiger partial charge in [0, 0.05) is 28.4 Å². The molecule has 1 heterocycles. The van der Waals surface area contributed by atoms with Gasteiger partial charge in [-0.3, -0.25) is 4.99 Å². The summed E-state index contributed by atoms with van der Waals surface area (Å²) in [6.07, 6.45) is -3.71. The summed E-state index contributed by atoms with van der Waals surface area (Å²) < 4.78 is 45.7. The minimum absolute atomic E-state index is 0.0917. The van der Waals surface area contributed by atoms with Crippen LogP contribution in [-0.2, 0) is 4.74 Å². The van der Waals surface area contributed by atoms with Gasteiger partial charge < -0.3 is 4.74 Å². The van der Waals surface area contributed by atoms with Gasteiger partial charge in [0.1, 0.15) is 11.6 Å². The first-order valence-corrected chi connectivity index (χ1v) is 9.30. The summed E-state index contributed by atoms with van der Waals surface area (Å²) in [5, 5.41) is 11.2. The van der Waals surface area contributed by atoms with E-state index in [2.05, 4.69) is 9.98 Å². The van der Waals surface area contributed by atoms with E-state index in [0.29, 0.717) is 17.0 Å². The summed E-state index contributed by atoms with van der Waals surface area (Å²) in [6.45, 7) is 4.85. The van der Waals surface area contributed by atoms with Crippen LogP contribution in [0.25, 0.3) is 10.6 Å². The Morgan fingerprint density at radius 2 is 2.15 bits per heavy atom. The molecule has 0 N–H and O–H groups in total. The first kappa shape index (κ1) is 21.1. The Hall–Kier alpha value is -2.24. The molecule has 0 aliphatic rings. The van der Waals surface area contributed by atoms with Crippen LogP contribution in [0.2, 0.25) is 0 Å². The molecule has 0 bridgehead atoms. The van der Waals surface area contributed by atoms with E-state index < -0.39 is 18.9 Å². The van der Waals surface area contributed by atoms with Crippen molar-refractivity contribution in [3.8, 4) is 16.6 Å². The number of hydrogen-bond acceptors (Lipinski definition) is 5. The maximum absolute atomic E-state index is 13.6. The maximum Gasteiger partial charge on any atom is 0.418 e. The molecule has 0 amide bonds. The normalized spacial score (nSPS) is 13.4. The molecule has 0 saturated carbocycles. The monoisotopic (exact) mass is 395 g/mol. The van der Waals surface area contributed by atoms with Crippen LogP contribution >= 0.6 is 11.3 Å². The van der Waals surface area contributed by atoms with Crippen LogP contribution in [0.1, 0.15) is 43.9 Å². The second kappa shape index (κ2) is 9.11. The Kier molecular flexibility index (Phi) is 7.11. The third-order valence-corrected chi connectivity index (χ3v) is 4.74. The summed E-state index contributed by atoms with van der Waals surface area (Å²) in [5.41, 5.74) is 2.21. The molecule has 0 aliphatic heterocycles. The molecule has 0 fully saturated rings. The minimum atomic E-state index is -4.66. The number of aromatic nitrogens is 1. The van der Waals surface area contributed by atoms with Crippen LogP contribution in [0.5, 0.6) is 0 Å². The van der Waals surface area contributed by atoms with Gasteiger partial charge in [-0.15, -0.1) is 11.3 Å². The van der Waals surface area contributed by atoms with Gasteiger partial charge >= 0.3 is 6.18 Å². The third-order valence-electron chi connectivity index (χ3n) is 3.93. The molecule has 1 aromatic heterocycles. The van der Waals surface area contributed by atoms with Crippen molar-refractivity contribution in [2.45, 2.75) is 45.9 Å². The molecular weight excluding hydrogens is 375 g/mol. The topological polar surface area (TPSA) is 58.3 Å². The van der Waals surface area contributed by atoms with Gasteiger partial charge in [0.05, 0.1) is 11.8 Å². The fourth-order valence-corrected chi connectivity index (χ4v) is 3.48. The van der Waals surface area contributed by atoms with Crippen molar-refractivity contribution in [3.63, 3.8) is 0 Å². The van der Waals surface area contributed by atoms with E-state index >= 15 is 0 Å². The number of aliphatic imine (C=N–C) groups is 1. The number of thiazole rings is 1. The Bertz CT molecular complexity index is 839. The van der Waals surface area contributed by atoms with Crippen LogP contribution in [0.3, 0.4) is 0 Å². The minimum Gasteiger partial charge on any atom is -0.349 e. The van der Waals surface area contributed by atoms with Crippen LogP contribution in [0, 0.1) is 18.3 Å². The predicted octanol–water partition coefficient (Wildman–Crippen LogP) is 6.15. The molecule has 4 nitrogen and oxygen atoms in total. The van der Waals surface area contributed by atoms with Gasteiger partial charge in [0.2, 0.25) is 0 Å². The maximum atomic E-state index is 13.6. The number of halogens is 3. The van der Waals surface area contributed by atoms with E-state index in [-0.39, 0.29) is 11.3 Å². The fraction of sp³-hybridized carbons (Fsp3) is 0.421. The van der Waals surface area contributed by atoms with Gasteiger partial charge in [0.25, 0.3) is 0 Å². The van der Waals surface area contributed by atoms with E-state index in [1.165, 1.54) is 17.4 Å². The summed E-state index contributed by atoms with van der Waals surface area (Å²) in [7, 11) is 0. The van der Waals surface area contributed by atoms with Gasteiger partial charge in [-0.25, -0.2) is 4.98 Å². The molecule has 0 saturated heterocycles. The zero-order chi connectivity index (χ0) is 20.0. The molecule has 27 heavy (non-hydrogen) atoms. The summed E-state index contributed by atoms with van der Waals surface area (Å²) in [5.74, 6) is 0. The highest BCUT2D eigenvalue weighted by molar-refractivity contribution is 7.13. The van der Waals surface area contributed by atoms with E-state index in [4.69, 9.17) is 10.00 Å². The van der Waals surface area contributed by atoms with Crippen molar-refractivity contribution >= 4 is 22.7 Å². The fourth-order valence-electron chi connectivity index (χ4n) is 2.76. The van der Waals surface area contributed by atoms with Crippen LogP contribution in [0.4, 0.5) is 18.9 Å². The summed E-state index contributed by atoms with van der Waals surface area (Å²) in [4.78, 5) is 8.74.